The third kappa shape index (κ3) is 5.45. The summed E-state index contributed by atoms with van der Waals surface area (Å²) in [5, 5.41) is 0. The number of anilines is 1. The molecule has 5 rings (SSSR count). The van der Waals surface area contributed by atoms with Gasteiger partial charge in [0.25, 0.3) is 5.56 Å². The molecule has 0 N–H and O–H groups in total. The molecule has 3 aromatic rings. The number of thiazole rings is 1. The third-order valence-corrected chi connectivity index (χ3v) is 8.27. The van der Waals surface area contributed by atoms with Crippen molar-refractivity contribution in [2.75, 3.05) is 31.7 Å². The van der Waals surface area contributed by atoms with Gasteiger partial charge in [-0.25, -0.2) is 9.79 Å². The van der Waals surface area contributed by atoms with E-state index in [9.17, 15) is 9.59 Å². The molecule has 2 aliphatic rings. The number of methoxy groups -OCH3 is 1. The maximum absolute atomic E-state index is 13.9. The van der Waals surface area contributed by atoms with Crippen LogP contribution in [0.5, 0.6) is 5.75 Å². The van der Waals surface area contributed by atoms with Gasteiger partial charge in [0, 0.05) is 25.2 Å². The van der Waals surface area contributed by atoms with Crippen LogP contribution in [0.1, 0.15) is 63.8 Å². The molecule has 0 bridgehead atoms. The lowest BCUT2D eigenvalue weighted by Gasteiger charge is -2.29. The Morgan fingerprint density at radius 2 is 2.00 bits per heavy atom. The second kappa shape index (κ2) is 11.7. The summed E-state index contributed by atoms with van der Waals surface area (Å²) in [6.45, 7) is 8.26. The predicted octanol–water partition coefficient (Wildman–Crippen LogP) is 4.42. The first-order valence-electron chi connectivity index (χ1n) is 13.6. The maximum atomic E-state index is 13.9. The van der Waals surface area contributed by atoms with Crippen LogP contribution in [0.2, 0.25) is 0 Å². The quantitative estimate of drug-likeness (QED) is 0.387. The largest absolute Gasteiger partial charge is 0.497 e. The van der Waals surface area contributed by atoms with Crippen LogP contribution in [0.3, 0.4) is 0 Å². The molecular formula is C30H35N3O5S. The summed E-state index contributed by atoms with van der Waals surface area (Å²) in [5.74, 6) is 2.35. The lowest BCUT2D eigenvalue weighted by molar-refractivity contribution is -0.139. The van der Waals surface area contributed by atoms with Crippen molar-refractivity contribution in [3.05, 3.63) is 78.7 Å². The Labute approximate surface area is 231 Å². The molecule has 0 aliphatic carbocycles. The van der Waals surface area contributed by atoms with E-state index in [4.69, 9.17) is 18.9 Å². The number of carbonyl (C=O) groups excluding carboxylic acids is 1. The molecule has 1 fully saturated rings. The molecule has 0 radical (unpaired) electrons. The minimum Gasteiger partial charge on any atom is -0.497 e. The third-order valence-electron chi connectivity index (χ3n) is 7.28. The summed E-state index contributed by atoms with van der Waals surface area (Å²) in [4.78, 5) is 34.8. The fraction of sp³-hybridized carbons (Fsp3) is 0.433. The highest BCUT2D eigenvalue weighted by Gasteiger charge is 2.34. The Hall–Kier alpha value is -3.59. The van der Waals surface area contributed by atoms with Crippen LogP contribution in [-0.2, 0) is 9.53 Å². The van der Waals surface area contributed by atoms with Gasteiger partial charge in [-0.05, 0) is 55.9 Å². The van der Waals surface area contributed by atoms with Crippen molar-refractivity contribution in [3.8, 4) is 5.75 Å². The van der Waals surface area contributed by atoms with Crippen LogP contribution >= 0.6 is 11.3 Å². The Kier molecular flexibility index (Phi) is 8.07. The number of fused-ring (bicyclic) bond motifs is 1. The number of aromatic nitrogens is 1. The molecule has 1 aromatic carbocycles. The first kappa shape index (κ1) is 27.0. The number of piperidine rings is 1. The number of esters is 1. The lowest BCUT2D eigenvalue weighted by atomic mass is 9.94. The first-order valence-corrected chi connectivity index (χ1v) is 14.5. The zero-order valence-corrected chi connectivity index (χ0v) is 23.8. The van der Waals surface area contributed by atoms with E-state index in [-0.39, 0.29) is 12.2 Å². The van der Waals surface area contributed by atoms with E-state index in [0.29, 0.717) is 38.5 Å². The van der Waals surface area contributed by atoms with Gasteiger partial charge in [-0.1, -0.05) is 43.7 Å². The summed E-state index contributed by atoms with van der Waals surface area (Å²) in [6, 6.07) is 10.6. The van der Waals surface area contributed by atoms with Crippen molar-refractivity contribution in [2.24, 2.45) is 10.9 Å². The maximum Gasteiger partial charge on any atom is 0.338 e. The van der Waals surface area contributed by atoms with Crippen molar-refractivity contribution >= 4 is 29.3 Å². The molecule has 4 heterocycles. The zero-order chi connectivity index (χ0) is 27.5. The van der Waals surface area contributed by atoms with E-state index in [0.717, 1.165) is 49.7 Å². The lowest BCUT2D eigenvalue weighted by Crippen LogP contribution is -2.40. The van der Waals surface area contributed by atoms with Crippen LogP contribution in [-0.4, -0.2) is 37.3 Å². The highest BCUT2D eigenvalue weighted by molar-refractivity contribution is 7.07. The fourth-order valence-corrected chi connectivity index (χ4v) is 6.20. The Balaban J connectivity index is 1.63. The SMILES string of the molecule is CCCC1=C(C(=O)OCC)[C@H](c2cccc(OC)c2)n2c(s/c(=C/c3ccc(N4CCC(C)CC4)o3)c2=O)=N1. The van der Waals surface area contributed by atoms with Gasteiger partial charge in [0.15, 0.2) is 10.7 Å². The zero-order valence-electron chi connectivity index (χ0n) is 22.9. The van der Waals surface area contributed by atoms with Crippen molar-refractivity contribution in [1.29, 1.82) is 0 Å². The average molecular weight is 550 g/mol. The molecule has 206 valence electrons. The molecule has 2 aromatic heterocycles. The molecule has 0 unspecified atom stereocenters. The summed E-state index contributed by atoms with van der Waals surface area (Å²) < 4.78 is 19.2. The van der Waals surface area contributed by atoms with E-state index in [2.05, 4.69) is 11.8 Å². The van der Waals surface area contributed by atoms with E-state index < -0.39 is 12.0 Å². The molecule has 1 saturated heterocycles. The summed E-state index contributed by atoms with van der Waals surface area (Å²) in [5.41, 5.74) is 1.57. The summed E-state index contributed by atoms with van der Waals surface area (Å²) >= 11 is 1.30. The minimum atomic E-state index is -0.679. The number of hydrogen-bond donors (Lipinski definition) is 0. The van der Waals surface area contributed by atoms with Gasteiger partial charge in [-0.2, -0.15) is 0 Å². The van der Waals surface area contributed by atoms with E-state index >= 15 is 0 Å². The Morgan fingerprint density at radius 1 is 1.21 bits per heavy atom. The van der Waals surface area contributed by atoms with Crippen molar-refractivity contribution in [3.63, 3.8) is 0 Å². The van der Waals surface area contributed by atoms with Crippen LogP contribution < -0.4 is 24.5 Å². The molecular weight excluding hydrogens is 514 g/mol. The monoisotopic (exact) mass is 549 g/mol. The number of carbonyl (C=O) groups is 1. The standard InChI is InChI=1S/C30H35N3O5S/c1-5-8-23-26(29(35)37-6-2)27(20-9-7-10-21(17-20)36-4)33-28(34)24(39-30(33)31-23)18-22-11-12-25(38-22)32-15-13-19(3)14-16-32/h7,9-12,17-19,27H,5-6,8,13-16H2,1-4H3/b24-18+/t27-/m0/s1. The highest BCUT2D eigenvalue weighted by Crippen LogP contribution is 2.34. The molecule has 0 spiro atoms. The number of allylic oxidation sites excluding steroid dienone is 1. The topological polar surface area (TPSA) is 86.3 Å². The number of hydrogen-bond acceptors (Lipinski definition) is 8. The second-order valence-corrected chi connectivity index (χ2v) is 11.0. The van der Waals surface area contributed by atoms with Gasteiger partial charge in [0.1, 0.15) is 11.5 Å². The van der Waals surface area contributed by atoms with Crippen LogP contribution in [0.15, 0.2) is 61.9 Å². The fourth-order valence-electron chi connectivity index (χ4n) is 5.20. The minimum absolute atomic E-state index is 0.228. The first-order chi connectivity index (χ1) is 18.9. The molecule has 8 nitrogen and oxygen atoms in total. The van der Waals surface area contributed by atoms with Crippen molar-refractivity contribution in [2.45, 2.75) is 52.5 Å². The molecule has 9 heteroatoms. The van der Waals surface area contributed by atoms with E-state index in [1.54, 1.807) is 24.7 Å². The van der Waals surface area contributed by atoms with Crippen molar-refractivity contribution < 1.29 is 18.7 Å². The van der Waals surface area contributed by atoms with Gasteiger partial charge >= 0.3 is 5.97 Å². The average Bonchev–Trinajstić information content (AvgIpc) is 3.53. The van der Waals surface area contributed by atoms with E-state index in [1.807, 2.05) is 43.3 Å². The van der Waals surface area contributed by atoms with Gasteiger partial charge in [-0.15, -0.1) is 0 Å². The van der Waals surface area contributed by atoms with Crippen molar-refractivity contribution in [1.82, 2.24) is 4.57 Å². The molecule has 39 heavy (non-hydrogen) atoms. The molecule has 0 amide bonds. The number of furan rings is 1. The summed E-state index contributed by atoms with van der Waals surface area (Å²) in [7, 11) is 1.59. The van der Waals surface area contributed by atoms with Crippen LogP contribution in [0, 0.1) is 5.92 Å². The van der Waals surface area contributed by atoms with Gasteiger partial charge in [-0.3, -0.25) is 9.36 Å². The number of rotatable bonds is 8. The van der Waals surface area contributed by atoms with Gasteiger partial charge in [0.05, 0.1) is 35.6 Å². The Bertz CT molecular complexity index is 1560. The molecule has 0 saturated carbocycles. The normalized spacial score (nSPS) is 18.2. The molecule has 1 atom stereocenters. The number of nitrogens with zero attached hydrogens (tertiary/aromatic N) is 3. The van der Waals surface area contributed by atoms with Gasteiger partial charge in [0.2, 0.25) is 0 Å². The highest BCUT2D eigenvalue weighted by atomic mass is 32.1. The van der Waals surface area contributed by atoms with E-state index in [1.165, 1.54) is 11.3 Å². The smallest absolute Gasteiger partial charge is 0.338 e. The van der Waals surface area contributed by atoms with Gasteiger partial charge < -0.3 is 18.8 Å². The Morgan fingerprint density at radius 3 is 2.72 bits per heavy atom. The second-order valence-electron chi connectivity index (χ2n) is 10.0. The predicted molar refractivity (Wildman–Crippen MR) is 152 cm³/mol. The van der Waals surface area contributed by atoms with Crippen LogP contribution in [0.25, 0.3) is 6.08 Å². The molecule has 2 aliphatic heterocycles. The number of ether oxygens (including phenoxy) is 2. The number of benzene rings is 1. The summed E-state index contributed by atoms with van der Waals surface area (Å²) in [6.07, 6.45) is 5.45. The van der Waals surface area contributed by atoms with Crippen LogP contribution in [0.4, 0.5) is 5.88 Å².